The van der Waals surface area contributed by atoms with Gasteiger partial charge in [0.25, 0.3) is 5.24 Å². The summed E-state index contributed by atoms with van der Waals surface area (Å²) in [6.45, 7) is 23.6. The number of halogens is 4. The third-order valence-electron chi connectivity index (χ3n) is 16.0. The van der Waals surface area contributed by atoms with E-state index >= 15 is 0 Å². The number of anilines is 1. The number of hydrogen-bond donors (Lipinski definition) is 9. The predicted octanol–water partition coefficient (Wildman–Crippen LogP) is 13.6. The quantitative estimate of drug-likeness (QED) is 0.0224. The van der Waals surface area contributed by atoms with Crippen molar-refractivity contribution in [3.05, 3.63) is 156 Å². The van der Waals surface area contributed by atoms with Crippen LogP contribution in [-0.4, -0.2) is 217 Å². The van der Waals surface area contributed by atoms with Crippen molar-refractivity contribution in [2.24, 2.45) is 5.92 Å². The Kier molecular flexibility index (Phi) is 39.7. The van der Waals surface area contributed by atoms with Gasteiger partial charge in [0.1, 0.15) is 112 Å². The number of amides is 5. The number of urea groups is 1. The number of aliphatic hydroxyl groups excluding tert-OH is 1. The van der Waals surface area contributed by atoms with Crippen LogP contribution in [0.3, 0.4) is 0 Å². The predicted molar refractivity (Wildman–Crippen MR) is 433 cm³/mol. The molecular weight excluding hydrogens is 1680 g/mol. The molecule has 1 unspecified atom stereocenters. The van der Waals surface area contributed by atoms with Gasteiger partial charge in [0.15, 0.2) is 55.5 Å². The summed E-state index contributed by atoms with van der Waals surface area (Å²) < 4.78 is 53.5. The van der Waals surface area contributed by atoms with E-state index in [0.717, 1.165) is 96.7 Å². The Labute approximate surface area is 710 Å². The number of aromatic amines is 3. The molecule has 14 heterocycles. The fourth-order valence-electron chi connectivity index (χ4n) is 10.8. The summed E-state index contributed by atoms with van der Waals surface area (Å²) in [7, 11) is 7.36. The van der Waals surface area contributed by atoms with Crippen LogP contribution in [0, 0.1) is 17.0 Å². The Morgan fingerprint density at radius 3 is 1.38 bits per heavy atom. The van der Waals surface area contributed by atoms with E-state index in [9.17, 15) is 43.2 Å². The van der Waals surface area contributed by atoms with E-state index < -0.39 is 55.0 Å². The molecule has 5 amide bonds. The van der Waals surface area contributed by atoms with Crippen molar-refractivity contribution in [2.75, 3.05) is 57.7 Å². The number of ether oxygens (including phenoxy) is 3. The van der Waals surface area contributed by atoms with Crippen LogP contribution in [-0.2, 0) is 71.9 Å². The van der Waals surface area contributed by atoms with E-state index in [1.165, 1.54) is 47.9 Å². The van der Waals surface area contributed by atoms with Gasteiger partial charge in [-0.2, -0.15) is 15.3 Å². The second-order valence-corrected chi connectivity index (χ2v) is 31.5. The van der Waals surface area contributed by atoms with Crippen LogP contribution in [0.4, 0.5) is 24.9 Å². The first-order valence-corrected chi connectivity index (χ1v) is 39.6. The lowest BCUT2D eigenvalue weighted by molar-refractivity contribution is -0.124. The van der Waals surface area contributed by atoms with E-state index in [1.54, 1.807) is 85.4 Å². The summed E-state index contributed by atoms with van der Waals surface area (Å²) in [5.41, 5.74) is 20.2. The summed E-state index contributed by atoms with van der Waals surface area (Å²) >= 11 is 10.9. The van der Waals surface area contributed by atoms with Crippen LogP contribution in [0.2, 0.25) is 5.02 Å². The molecule has 1 aromatic carbocycles. The highest BCUT2D eigenvalue weighted by Crippen LogP contribution is 2.31. The number of aromatic carboxylic acids is 1. The number of aliphatic hydroxyl groups is 1. The number of rotatable bonds is 8. The number of fused-ring (bicyclic) bond motifs is 3. The Bertz CT molecular complexity index is 4800. The number of oxazole rings is 6. The van der Waals surface area contributed by atoms with Gasteiger partial charge in [0.2, 0.25) is 9.23 Å². The highest BCUT2D eigenvalue weighted by Gasteiger charge is 2.38. The zero-order valence-electron chi connectivity index (χ0n) is 66.2. The summed E-state index contributed by atoms with van der Waals surface area (Å²) in [5, 5.41) is 43.8. The minimum Gasteiger partial charge on any atom is -0.476 e. The molecule has 5 aliphatic heterocycles. The van der Waals surface area contributed by atoms with Crippen molar-refractivity contribution in [1.82, 2.24) is 85.4 Å². The molecule has 46 heteroatoms. The second-order valence-electron chi connectivity index (χ2n) is 28.2. The van der Waals surface area contributed by atoms with Crippen molar-refractivity contribution in [1.29, 1.82) is 11.1 Å². The minimum absolute atomic E-state index is 0. The molecule has 2 fully saturated rings. The zero-order chi connectivity index (χ0) is 87.6. The number of ketones is 3. The van der Waals surface area contributed by atoms with Crippen molar-refractivity contribution in [2.45, 2.75) is 152 Å². The maximum atomic E-state index is 12.5. The molecule has 15 rings (SSSR count). The minimum atomic E-state index is -1.67. The number of carbonyl (C=O) groups excluding carboxylic acids is 8. The standard InChI is InChI=1S/C16H14ClN5O2.C14H18N4O3.C14H18N2O5.C10H17NO3.C9H10N4O.C4H2ClNO2.C4H3NO3.C2H6O.CH4.Cl2OS.H2N2.H2/c17-10-2-1-3-11(6-10)19-16(23)22-5-4-13-12(7-22)15(21-20-13)14-8-24-9-18-14;1-14(2,3)21-13(19)18-5-4-10-9(6-18)12(17-16-10)11-7-20-8-15-11;1-14(2,3)21-13(19)16-5-4-11(17)9(6-16)12(18)10-7-20-8-15-10;1-10(2,3)14-9(13)11-6-4-8(12)5-7-11;1-2-10-3-6-7(1)12-13-9(6)8-4-14-5-11-8;5-4(7)3-1-8-2-6-3;6-4(7)3-1-8-2-5-3;1-2-3;;1-4(2)3;1-2;/h1-3,6,8-9H,4-5,7H2,(H,19,23)(H,20,21);7-8H,4-6H2,1-3H3,(H,16,17);7-9H,4-6H2,1-3H3;4-7H2,1-3H3;4-5,10H,1-3H2,(H,12,13);1-2H;1-2H,(H,6,7);3H,2H2,1H3;1H4;;1-2H;1H. The third kappa shape index (κ3) is 32.5. The Hall–Kier alpha value is -11.8. The Morgan fingerprint density at radius 2 is 0.967 bits per heavy atom. The largest absolute Gasteiger partial charge is 0.476 e. The van der Waals surface area contributed by atoms with Gasteiger partial charge >= 0.3 is 30.3 Å². The average molecular weight is 1780 g/mol. The highest BCUT2D eigenvalue weighted by atomic mass is 36.0. The number of H-pyrrole nitrogens is 3. The Balaban J connectivity index is 0.000000298. The molecule has 9 N–H and O–H groups in total. The molecule has 0 spiro atoms. The monoisotopic (exact) mass is 1770 g/mol. The number of carboxylic acids is 1. The molecule has 41 nitrogen and oxygen atoms in total. The molecule has 2 saturated heterocycles. The molecule has 5 aliphatic rings. The summed E-state index contributed by atoms with van der Waals surface area (Å²) in [5.74, 6) is -2.37. The first kappa shape index (κ1) is 98.7. The lowest BCUT2D eigenvalue weighted by atomic mass is 9.91. The number of carbonyl (C=O) groups is 9. The van der Waals surface area contributed by atoms with E-state index in [2.05, 4.69) is 101 Å². The van der Waals surface area contributed by atoms with Gasteiger partial charge in [-0.1, -0.05) is 25.1 Å². The zero-order valence-corrected chi connectivity index (χ0v) is 70.1. The van der Waals surface area contributed by atoms with Gasteiger partial charge in [-0.05, 0) is 99.0 Å². The van der Waals surface area contributed by atoms with Gasteiger partial charge < -0.3 is 81.2 Å². The van der Waals surface area contributed by atoms with Crippen molar-refractivity contribution < 1.29 is 99.7 Å². The molecule has 0 saturated carbocycles. The first-order chi connectivity index (χ1) is 56.5. The summed E-state index contributed by atoms with van der Waals surface area (Å²) in [4.78, 5) is 133. The SMILES string of the molecule is C.CC(C)(C)OC(=O)N1CCC(=O)C(C(=O)c2cocn2)C1.CC(C)(C)OC(=O)N1CCC(=O)CC1.CC(C)(C)OC(=O)N1CCc2[nH]nc(-c3cocn3)c2C1.CCO.N=N.O=C(Cl)c1cocn1.O=C(Nc1cccc(Cl)c1)N1CCc2[nH]nc(-c3cocn3)c2C1.O=C(O)c1cocn1.O=S(Cl)Cl.[HH].c1nc(-c2n[nH]c3c2CNCC3)co1. The van der Waals surface area contributed by atoms with Crippen LogP contribution in [0.15, 0.2) is 127 Å². The van der Waals surface area contributed by atoms with Gasteiger partial charge in [0, 0.05) is 165 Å². The molecular formula is C74H96Cl4N20O21S. The van der Waals surface area contributed by atoms with Gasteiger partial charge in [0.05, 0.1) is 13.1 Å². The lowest BCUT2D eigenvalue weighted by Crippen LogP contribution is -2.48. The maximum absolute atomic E-state index is 12.5. The second kappa shape index (κ2) is 48.3. The number of carboxylic acid groups (broad SMARTS) is 1. The molecule has 1 atom stereocenters. The number of Topliss-reactive ketones (excluding diaryl/α,β-unsaturated/α-hetero) is 3. The van der Waals surface area contributed by atoms with Crippen molar-refractivity contribution in [3.8, 4) is 34.2 Å². The van der Waals surface area contributed by atoms with Crippen LogP contribution in [0.1, 0.15) is 163 Å². The average Bonchev–Trinajstić information content (AvgIpc) is 1.68. The van der Waals surface area contributed by atoms with Crippen LogP contribution < -0.4 is 10.6 Å². The van der Waals surface area contributed by atoms with Gasteiger partial charge in [-0.15, -0.1) is 0 Å². The fraction of sp³-hybridized carbons (Fsp3) is 0.432. The normalized spacial score (nSPS) is 14.3. The van der Waals surface area contributed by atoms with Crippen LogP contribution >= 0.6 is 44.6 Å². The lowest BCUT2D eigenvalue weighted by Gasteiger charge is -2.32. The number of benzene rings is 1. The summed E-state index contributed by atoms with van der Waals surface area (Å²) in [6.07, 6.45) is 18.0. The molecule has 0 aliphatic carbocycles. The van der Waals surface area contributed by atoms with E-state index in [0.29, 0.717) is 80.6 Å². The fourth-order valence-corrected chi connectivity index (χ4v) is 11.1. The first-order valence-electron chi connectivity index (χ1n) is 36.1. The molecule has 10 aromatic rings. The van der Waals surface area contributed by atoms with Gasteiger partial charge in [-0.25, -0.2) is 69.1 Å². The van der Waals surface area contributed by atoms with E-state index in [1.807, 2.05) is 41.5 Å². The molecule has 0 radical (unpaired) electrons. The number of piperidine rings is 2. The van der Waals surface area contributed by atoms with Crippen LogP contribution in [0.5, 0.6) is 0 Å². The molecule has 652 valence electrons. The highest BCUT2D eigenvalue weighted by molar-refractivity contribution is 8.26. The van der Waals surface area contributed by atoms with E-state index in [4.69, 9.17) is 80.6 Å². The van der Waals surface area contributed by atoms with Gasteiger partial charge in [-0.3, -0.25) is 34.5 Å². The summed E-state index contributed by atoms with van der Waals surface area (Å²) in [6, 6.07) is 6.91. The van der Waals surface area contributed by atoms with Crippen molar-refractivity contribution >= 4 is 112 Å². The van der Waals surface area contributed by atoms with E-state index in [-0.39, 0.29) is 81.8 Å². The number of hydrogen-bond acceptors (Lipinski definition) is 32. The topological polar surface area (TPSA) is 566 Å². The molecule has 0 bridgehead atoms. The maximum Gasteiger partial charge on any atom is 0.410 e. The molecule has 120 heavy (non-hydrogen) atoms. The van der Waals surface area contributed by atoms with Crippen LogP contribution in [0.25, 0.3) is 34.2 Å². The third-order valence-corrected chi connectivity index (χ3v) is 16.5. The number of nitrogens with one attached hydrogen (secondary N) is 7. The molecule has 9 aromatic heterocycles. The smallest absolute Gasteiger partial charge is 0.410 e. The number of likely N-dealkylation sites (tertiary alicyclic amines) is 2. The Morgan fingerprint density at radius 1 is 0.575 bits per heavy atom. The number of nitrogens with zero attached hydrogens (tertiary/aromatic N) is 13. The van der Waals surface area contributed by atoms with Crippen molar-refractivity contribution in [3.63, 3.8) is 0 Å². The number of aromatic nitrogens is 12.